The maximum Gasteiger partial charge on any atom is 0.166 e. The van der Waals surface area contributed by atoms with E-state index < -0.39 is 0 Å². The van der Waals surface area contributed by atoms with Crippen LogP contribution in [0.25, 0.3) is 11.1 Å². The van der Waals surface area contributed by atoms with Crippen LogP contribution in [0.2, 0.25) is 0 Å². The average molecular weight is 236 g/mol. The second kappa shape index (κ2) is 4.09. The molecule has 1 nitrogen and oxygen atoms in total. The Labute approximate surface area is 107 Å². The number of ketones is 1. The van der Waals surface area contributed by atoms with Crippen molar-refractivity contribution in [2.24, 2.45) is 5.92 Å². The van der Waals surface area contributed by atoms with E-state index in [9.17, 15) is 4.79 Å². The lowest BCUT2D eigenvalue weighted by Crippen LogP contribution is -2.04. The predicted molar refractivity (Wildman–Crippen MR) is 73.8 cm³/mol. The van der Waals surface area contributed by atoms with E-state index in [1.165, 1.54) is 11.1 Å². The number of benzene rings is 2. The Kier molecular flexibility index (Phi) is 2.55. The molecule has 1 aliphatic carbocycles. The molecule has 1 heteroatoms. The molecule has 0 spiro atoms. The number of Topliss-reactive ketones (excluding diaryl/α,β-unsaturated/α-hetero) is 1. The largest absolute Gasteiger partial charge is 0.294 e. The molecule has 3 rings (SSSR count). The van der Waals surface area contributed by atoms with Crippen molar-refractivity contribution in [3.8, 4) is 11.1 Å². The minimum atomic E-state index is 0.129. The molecular formula is C17H16O. The van der Waals surface area contributed by atoms with Crippen molar-refractivity contribution in [1.82, 2.24) is 0 Å². The van der Waals surface area contributed by atoms with Crippen molar-refractivity contribution < 1.29 is 4.79 Å². The van der Waals surface area contributed by atoms with E-state index in [-0.39, 0.29) is 5.92 Å². The predicted octanol–water partition coefficient (Wildman–Crippen LogP) is 4.04. The lowest BCUT2D eigenvalue weighted by molar-refractivity contribution is 0.0947. The summed E-state index contributed by atoms with van der Waals surface area (Å²) in [4.78, 5) is 12.3. The molecule has 0 saturated carbocycles. The summed E-state index contributed by atoms with van der Waals surface area (Å²) < 4.78 is 0. The molecule has 1 aliphatic rings. The van der Waals surface area contributed by atoms with Crippen LogP contribution in [0.3, 0.4) is 0 Å². The van der Waals surface area contributed by atoms with Gasteiger partial charge < -0.3 is 0 Å². The van der Waals surface area contributed by atoms with Crippen molar-refractivity contribution >= 4 is 5.78 Å². The van der Waals surface area contributed by atoms with Crippen LogP contribution in [-0.2, 0) is 6.42 Å². The Morgan fingerprint density at radius 3 is 2.56 bits per heavy atom. The molecule has 0 amide bonds. The third kappa shape index (κ3) is 1.67. The van der Waals surface area contributed by atoms with E-state index in [4.69, 9.17) is 0 Å². The molecule has 2 aromatic rings. The molecule has 0 saturated heterocycles. The highest BCUT2D eigenvalue weighted by molar-refractivity contribution is 6.07. The van der Waals surface area contributed by atoms with Gasteiger partial charge in [0, 0.05) is 11.5 Å². The van der Waals surface area contributed by atoms with Crippen molar-refractivity contribution in [1.29, 1.82) is 0 Å². The fraction of sp³-hybridized carbons (Fsp3) is 0.235. The summed E-state index contributed by atoms with van der Waals surface area (Å²) in [6, 6.07) is 14.5. The second-order valence-electron chi connectivity index (χ2n) is 5.18. The minimum absolute atomic E-state index is 0.129. The number of rotatable bonds is 1. The molecule has 0 N–H and O–H groups in total. The van der Waals surface area contributed by atoms with Gasteiger partial charge in [-0.25, -0.2) is 0 Å². The summed E-state index contributed by atoms with van der Waals surface area (Å²) in [5.41, 5.74) is 5.63. The highest BCUT2D eigenvalue weighted by Gasteiger charge is 2.29. The number of aryl methyl sites for hydroxylation is 1. The van der Waals surface area contributed by atoms with Crippen LogP contribution >= 0.6 is 0 Å². The van der Waals surface area contributed by atoms with Gasteiger partial charge in [-0.1, -0.05) is 55.0 Å². The van der Waals surface area contributed by atoms with Crippen molar-refractivity contribution in [2.45, 2.75) is 20.3 Å². The van der Waals surface area contributed by atoms with Crippen LogP contribution in [0.1, 0.15) is 28.4 Å². The molecule has 0 heterocycles. The fourth-order valence-electron chi connectivity index (χ4n) is 2.83. The first-order chi connectivity index (χ1) is 8.66. The van der Waals surface area contributed by atoms with Gasteiger partial charge in [0.05, 0.1) is 0 Å². The number of carbonyl (C=O) groups is 1. The zero-order valence-electron chi connectivity index (χ0n) is 10.7. The zero-order valence-corrected chi connectivity index (χ0v) is 10.7. The van der Waals surface area contributed by atoms with Gasteiger partial charge in [-0.3, -0.25) is 4.79 Å². The van der Waals surface area contributed by atoms with E-state index in [1.54, 1.807) is 0 Å². The topological polar surface area (TPSA) is 17.1 Å². The minimum Gasteiger partial charge on any atom is -0.294 e. The van der Waals surface area contributed by atoms with Gasteiger partial charge in [-0.2, -0.15) is 0 Å². The summed E-state index contributed by atoms with van der Waals surface area (Å²) in [5.74, 6) is 0.424. The average Bonchev–Trinajstić information content (AvgIpc) is 2.65. The third-order valence-corrected chi connectivity index (χ3v) is 3.67. The molecular weight excluding hydrogens is 220 g/mol. The number of carbonyl (C=O) groups excluding carboxylic acids is 1. The normalized spacial score (nSPS) is 17.9. The molecule has 0 aromatic heterocycles. The second-order valence-corrected chi connectivity index (χ2v) is 5.18. The molecule has 18 heavy (non-hydrogen) atoms. The van der Waals surface area contributed by atoms with Crippen molar-refractivity contribution in [3.05, 3.63) is 59.2 Å². The summed E-state index contributed by atoms with van der Waals surface area (Å²) >= 11 is 0. The Hall–Kier alpha value is -1.89. The quantitative estimate of drug-likeness (QED) is 0.730. The van der Waals surface area contributed by atoms with Gasteiger partial charge in [0.1, 0.15) is 0 Å². The number of hydrogen-bond acceptors (Lipinski definition) is 1. The molecule has 90 valence electrons. The molecule has 1 atom stereocenters. The standard InChI is InChI=1S/C17H16O/c1-11-8-14-10-12(2)17(18)16(14)15(9-11)13-6-4-3-5-7-13/h3-9,12H,10H2,1-2H3. The Morgan fingerprint density at radius 2 is 1.83 bits per heavy atom. The molecule has 0 radical (unpaired) electrons. The molecule has 0 bridgehead atoms. The molecule has 0 fully saturated rings. The molecule has 1 unspecified atom stereocenters. The van der Waals surface area contributed by atoms with Crippen LogP contribution in [0.4, 0.5) is 0 Å². The van der Waals surface area contributed by atoms with Crippen molar-refractivity contribution in [2.75, 3.05) is 0 Å². The highest BCUT2D eigenvalue weighted by Crippen LogP contribution is 2.35. The first-order valence-corrected chi connectivity index (χ1v) is 6.40. The smallest absolute Gasteiger partial charge is 0.166 e. The van der Waals surface area contributed by atoms with Crippen LogP contribution in [-0.4, -0.2) is 5.78 Å². The highest BCUT2D eigenvalue weighted by atomic mass is 16.1. The summed E-state index contributed by atoms with van der Waals surface area (Å²) in [6.07, 6.45) is 0.885. The van der Waals surface area contributed by atoms with Gasteiger partial charge in [-0.15, -0.1) is 0 Å². The molecule has 0 aliphatic heterocycles. The monoisotopic (exact) mass is 236 g/mol. The maximum absolute atomic E-state index is 12.3. The third-order valence-electron chi connectivity index (χ3n) is 3.67. The van der Waals surface area contributed by atoms with Crippen LogP contribution < -0.4 is 0 Å². The van der Waals surface area contributed by atoms with Gasteiger partial charge in [0.2, 0.25) is 0 Å². The summed E-state index contributed by atoms with van der Waals surface area (Å²) in [6.45, 7) is 4.12. The lowest BCUT2D eigenvalue weighted by atomic mass is 9.94. The van der Waals surface area contributed by atoms with E-state index in [1.807, 2.05) is 25.1 Å². The maximum atomic E-state index is 12.3. The van der Waals surface area contributed by atoms with Crippen molar-refractivity contribution in [3.63, 3.8) is 0 Å². The Balaban J connectivity index is 2.26. The number of hydrogen-bond donors (Lipinski definition) is 0. The first kappa shape index (κ1) is 11.2. The van der Waals surface area contributed by atoms with Gasteiger partial charge in [0.25, 0.3) is 0 Å². The van der Waals surface area contributed by atoms with E-state index in [2.05, 4.69) is 31.2 Å². The Bertz CT molecular complexity index is 611. The van der Waals surface area contributed by atoms with E-state index in [0.29, 0.717) is 5.78 Å². The van der Waals surface area contributed by atoms with Gasteiger partial charge in [0.15, 0.2) is 5.78 Å². The van der Waals surface area contributed by atoms with Crippen LogP contribution in [0.5, 0.6) is 0 Å². The summed E-state index contributed by atoms with van der Waals surface area (Å²) in [5, 5.41) is 0. The van der Waals surface area contributed by atoms with Gasteiger partial charge >= 0.3 is 0 Å². The van der Waals surface area contributed by atoms with Crippen LogP contribution in [0, 0.1) is 12.8 Å². The van der Waals surface area contributed by atoms with Gasteiger partial charge in [-0.05, 0) is 30.0 Å². The lowest BCUT2D eigenvalue weighted by Gasteiger charge is -2.09. The SMILES string of the molecule is Cc1cc2c(c(-c3ccccc3)c1)C(=O)C(C)C2. The van der Waals surface area contributed by atoms with E-state index >= 15 is 0 Å². The van der Waals surface area contributed by atoms with E-state index in [0.717, 1.165) is 23.1 Å². The summed E-state index contributed by atoms with van der Waals surface area (Å²) in [7, 11) is 0. The molecule has 2 aromatic carbocycles. The van der Waals surface area contributed by atoms with Crippen LogP contribution in [0.15, 0.2) is 42.5 Å². The Morgan fingerprint density at radius 1 is 1.11 bits per heavy atom. The zero-order chi connectivity index (χ0) is 12.7. The fourth-order valence-corrected chi connectivity index (χ4v) is 2.83. The first-order valence-electron chi connectivity index (χ1n) is 6.40. The number of fused-ring (bicyclic) bond motifs is 1.